The van der Waals surface area contributed by atoms with Crippen LogP contribution >= 0.6 is 23.2 Å². The van der Waals surface area contributed by atoms with E-state index in [9.17, 15) is 10.1 Å². The summed E-state index contributed by atoms with van der Waals surface area (Å²) in [6.45, 7) is 1.38. The predicted molar refractivity (Wildman–Crippen MR) is 79.0 cm³/mol. The van der Waals surface area contributed by atoms with Crippen LogP contribution in [0, 0.1) is 11.3 Å². The molecule has 4 nitrogen and oxygen atoms in total. The lowest BCUT2D eigenvalue weighted by molar-refractivity contribution is 0.0752. The number of hydrogen-bond donors (Lipinski definition) is 0. The first-order valence-electron chi connectivity index (χ1n) is 6.30. The molecule has 1 aliphatic heterocycles. The lowest BCUT2D eigenvalue weighted by Crippen LogP contribution is -2.30. The normalized spacial score (nSPS) is 17.5. The topological polar surface area (TPSA) is 47.3 Å². The van der Waals surface area contributed by atoms with Gasteiger partial charge in [-0.05, 0) is 33.1 Å². The number of carbonyl (C=O) groups is 1. The number of hydrogen-bond acceptors (Lipinski definition) is 3. The van der Waals surface area contributed by atoms with Crippen LogP contribution in [0.25, 0.3) is 0 Å². The number of rotatable bonds is 4. The average molecular weight is 312 g/mol. The van der Waals surface area contributed by atoms with E-state index in [-0.39, 0.29) is 10.9 Å². The van der Waals surface area contributed by atoms with Crippen molar-refractivity contribution in [2.75, 3.05) is 27.2 Å². The monoisotopic (exact) mass is 311 g/mol. The van der Waals surface area contributed by atoms with E-state index < -0.39 is 6.04 Å². The third-order valence-corrected chi connectivity index (χ3v) is 4.14. The molecule has 1 aromatic rings. The smallest absolute Gasteiger partial charge is 0.257 e. The van der Waals surface area contributed by atoms with E-state index in [1.807, 2.05) is 19.0 Å². The summed E-state index contributed by atoms with van der Waals surface area (Å²) in [6, 6.07) is 4.94. The summed E-state index contributed by atoms with van der Waals surface area (Å²) < 4.78 is 0. The lowest BCUT2D eigenvalue weighted by atomic mass is 10.1. The van der Waals surface area contributed by atoms with Gasteiger partial charge in [-0.1, -0.05) is 29.3 Å². The Morgan fingerprint density at radius 1 is 1.40 bits per heavy atom. The summed E-state index contributed by atoms with van der Waals surface area (Å²) in [5, 5.41) is 9.92. The average Bonchev–Trinajstić information content (AvgIpc) is 2.67. The van der Waals surface area contributed by atoms with E-state index in [1.54, 1.807) is 17.0 Å². The van der Waals surface area contributed by atoms with Crippen LogP contribution in [0.15, 0.2) is 12.1 Å². The summed E-state index contributed by atoms with van der Waals surface area (Å²) in [5.41, 5.74) is 1.02. The number of carbonyl (C=O) groups excluding carboxylic acids is 1. The molecule has 0 fully saturated rings. The number of halogens is 2. The van der Waals surface area contributed by atoms with Crippen molar-refractivity contribution in [2.24, 2.45) is 0 Å². The van der Waals surface area contributed by atoms with Crippen LogP contribution in [-0.4, -0.2) is 42.9 Å². The highest BCUT2D eigenvalue weighted by molar-refractivity contribution is 6.44. The third-order valence-electron chi connectivity index (χ3n) is 3.33. The van der Waals surface area contributed by atoms with Crippen molar-refractivity contribution >= 4 is 29.1 Å². The molecule has 1 heterocycles. The van der Waals surface area contributed by atoms with Crippen molar-refractivity contribution in [3.63, 3.8) is 0 Å². The summed E-state index contributed by atoms with van der Waals surface area (Å²) >= 11 is 12.1. The summed E-state index contributed by atoms with van der Waals surface area (Å²) in [7, 11) is 3.94. The van der Waals surface area contributed by atoms with Crippen molar-refractivity contribution in [2.45, 2.75) is 12.5 Å². The Balaban J connectivity index is 2.28. The molecule has 1 atom stereocenters. The first kappa shape index (κ1) is 15.1. The Kier molecular flexibility index (Phi) is 4.54. The maximum atomic E-state index is 12.4. The molecule has 0 bridgehead atoms. The van der Waals surface area contributed by atoms with Crippen molar-refractivity contribution in [1.29, 1.82) is 5.26 Å². The summed E-state index contributed by atoms with van der Waals surface area (Å²) in [5.74, 6) is -0.210. The van der Waals surface area contributed by atoms with Crippen LogP contribution in [0.3, 0.4) is 0 Å². The van der Waals surface area contributed by atoms with E-state index in [0.717, 1.165) is 13.0 Å². The minimum atomic E-state index is -0.575. The molecule has 20 heavy (non-hydrogen) atoms. The first-order valence-corrected chi connectivity index (χ1v) is 7.06. The van der Waals surface area contributed by atoms with Gasteiger partial charge < -0.3 is 9.80 Å². The molecule has 0 aliphatic carbocycles. The fraction of sp³-hybridized carbons (Fsp3) is 0.429. The second kappa shape index (κ2) is 6.01. The van der Waals surface area contributed by atoms with Crippen molar-refractivity contribution < 1.29 is 4.79 Å². The zero-order valence-corrected chi connectivity index (χ0v) is 12.9. The Labute approximate surface area is 128 Å². The van der Waals surface area contributed by atoms with Gasteiger partial charge in [-0.15, -0.1) is 0 Å². The van der Waals surface area contributed by atoms with Crippen LogP contribution in [0.5, 0.6) is 0 Å². The standard InChI is InChI=1S/C14H15Cl2N3O/c1-18(2)6-3-7-19-11(8-17)9-4-5-10(15)13(16)12(9)14(19)20/h4-5,11H,3,6-7H2,1-2H3. The molecular formula is C14H15Cl2N3O. The molecule has 6 heteroatoms. The SMILES string of the molecule is CN(C)CCCN1C(=O)c2c(ccc(Cl)c2Cl)C1C#N. The van der Waals surface area contributed by atoms with Gasteiger partial charge in [-0.25, -0.2) is 0 Å². The van der Waals surface area contributed by atoms with E-state index >= 15 is 0 Å². The van der Waals surface area contributed by atoms with E-state index in [4.69, 9.17) is 23.2 Å². The van der Waals surface area contributed by atoms with Gasteiger partial charge >= 0.3 is 0 Å². The molecule has 1 aromatic carbocycles. The first-order chi connectivity index (χ1) is 9.47. The maximum absolute atomic E-state index is 12.4. The second-order valence-corrected chi connectivity index (χ2v) is 5.80. The molecule has 1 aliphatic rings. The van der Waals surface area contributed by atoms with E-state index in [0.29, 0.717) is 22.7 Å². The Hall–Kier alpha value is -1.28. The molecule has 0 spiro atoms. The molecule has 0 N–H and O–H groups in total. The van der Waals surface area contributed by atoms with Crippen LogP contribution in [0.4, 0.5) is 0 Å². The van der Waals surface area contributed by atoms with Gasteiger partial charge in [0.2, 0.25) is 0 Å². The van der Waals surface area contributed by atoms with Crippen molar-refractivity contribution in [1.82, 2.24) is 9.80 Å². The zero-order valence-electron chi connectivity index (χ0n) is 11.4. The van der Waals surface area contributed by atoms with Crippen LogP contribution < -0.4 is 0 Å². The summed E-state index contributed by atoms with van der Waals surface area (Å²) in [4.78, 5) is 16.0. The highest BCUT2D eigenvalue weighted by Gasteiger charge is 2.38. The minimum Gasteiger partial charge on any atom is -0.318 e. The van der Waals surface area contributed by atoms with Gasteiger partial charge in [0.15, 0.2) is 0 Å². The fourth-order valence-corrected chi connectivity index (χ4v) is 2.78. The highest BCUT2D eigenvalue weighted by Crippen LogP contribution is 2.40. The second-order valence-electron chi connectivity index (χ2n) is 5.01. The van der Waals surface area contributed by atoms with Gasteiger partial charge in [-0.2, -0.15) is 5.26 Å². The third kappa shape index (κ3) is 2.62. The van der Waals surface area contributed by atoms with Crippen LogP contribution in [-0.2, 0) is 0 Å². The molecule has 0 aromatic heterocycles. The molecule has 1 unspecified atom stereocenters. The molecule has 0 saturated carbocycles. The van der Waals surface area contributed by atoms with Crippen molar-refractivity contribution in [3.8, 4) is 6.07 Å². The fourth-order valence-electron chi connectivity index (χ4n) is 2.37. The Morgan fingerprint density at radius 2 is 2.10 bits per heavy atom. The predicted octanol–water partition coefficient (Wildman–Crippen LogP) is 2.97. The molecular weight excluding hydrogens is 297 g/mol. The molecule has 0 saturated heterocycles. The van der Waals surface area contributed by atoms with Gasteiger partial charge in [0, 0.05) is 12.1 Å². The molecule has 2 rings (SSSR count). The quantitative estimate of drug-likeness (QED) is 0.859. The van der Waals surface area contributed by atoms with Gasteiger partial charge in [0.05, 0.1) is 21.7 Å². The largest absolute Gasteiger partial charge is 0.318 e. The van der Waals surface area contributed by atoms with Crippen LogP contribution in [0.2, 0.25) is 10.0 Å². The number of amides is 1. The van der Waals surface area contributed by atoms with Crippen LogP contribution in [0.1, 0.15) is 28.4 Å². The van der Waals surface area contributed by atoms with E-state index in [1.165, 1.54) is 0 Å². The van der Waals surface area contributed by atoms with Gasteiger partial charge in [0.25, 0.3) is 5.91 Å². The zero-order chi connectivity index (χ0) is 14.9. The summed E-state index contributed by atoms with van der Waals surface area (Å²) in [6.07, 6.45) is 0.802. The number of nitriles is 1. The van der Waals surface area contributed by atoms with Crippen molar-refractivity contribution in [3.05, 3.63) is 33.3 Å². The van der Waals surface area contributed by atoms with E-state index in [2.05, 4.69) is 6.07 Å². The molecule has 106 valence electrons. The Morgan fingerprint density at radius 3 is 2.70 bits per heavy atom. The number of fused-ring (bicyclic) bond motifs is 1. The highest BCUT2D eigenvalue weighted by atomic mass is 35.5. The lowest BCUT2D eigenvalue weighted by Gasteiger charge is -2.21. The molecule has 1 amide bonds. The minimum absolute atomic E-state index is 0.210. The molecule has 0 radical (unpaired) electrons. The number of benzene rings is 1. The Bertz CT molecular complexity index is 581. The maximum Gasteiger partial charge on any atom is 0.257 e. The van der Waals surface area contributed by atoms with Gasteiger partial charge in [-0.3, -0.25) is 4.79 Å². The van der Waals surface area contributed by atoms with Gasteiger partial charge in [0.1, 0.15) is 6.04 Å². The number of nitrogens with zero attached hydrogens (tertiary/aromatic N) is 3.